The summed E-state index contributed by atoms with van der Waals surface area (Å²) in [5, 5.41) is 20.0. The van der Waals surface area contributed by atoms with Crippen LogP contribution < -0.4 is 0 Å². The van der Waals surface area contributed by atoms with Crippen molar-refractivity contribution in [2.24, 2.45) is 0 Å². The SMILES string of the molecule is O=C(N1C[C@H](O)C[C@H]1c1cccc(F)c1)C(F)(F)C1(O)CCCC1. The van der Waals surface area contributed by atoms with Gasteiger partial charge in [0, 0.05) is 6.54 Å². The maximum atomic E-state index is 14.7. The summed E-state index contributed by atoms with van der Waals surface area (Å²) in [4.78, 5) is 13.4. The van der Waals surface area contributed by atoms with Crippen molar-refractivity contribution in [1.82, 2.24) is 4.90 Å². The van der Waals surface area contributed by atoms with Crippen LogP contribution in [0.2, 0.25) is 0 Å². The van der Waals surface area contributed by atoms with Gasteiger partial charge in [-0.3, -0.25) is 4.79 Å². The van der Waals surface area contributed by atoms with E-state index in [4.69, 9.17) is 0 Å². The number of benzene rings is 1. The highest BCUT2D eigenvalue weighted by Gasteiger charge is 2.61. The lowest BCUT2D eigenvalue weighted by Gasteiger charge is -2.35. The van der Waals surface area contributed by atoms with Gasteiger partial charge in [0.2, 0.25) is 0 Å². The van der Waals surface area contributed by atoms with Crippen LogP contribution in [0.3, 0.4) is 0 Å². The molecule has 1 amide bonds. The molecule has 4 nitrogen and oxygen atoms in total. The molecule has 0 unspecified atom stereocenters. The van der Waals surface area contributed by atoms with E-state index in [1.54, 1.807) is 0 Å². The number of aliphatic hydroxyl groups excluding tert-OH is 1. The Morgan fingerprint density at radius 1 is 1.29 bits per heavy atom. The van der Waals surface area contributed by atoms with Gasteiger partial charge in [-0.1, -0.05) is 25.0 Å². The summed E-state index contributed by atoms with van der Waals surface area (Å²) < 4.78 is 42.7. The zero-order chi connectivity index (χ0) is 17.5. The first kappa shape index (κ1) is 17.2. The molecule has 1 aromatic rings. The van der Waals surface area contributed by atoms with Crippen molar-refractivity contribution in [3.63, 3.8) is 0 Å². The molecule has 0 aromatic heterocycles. The number of carbonyl (C=O) groups is 1. The van der Waals surface area contributed by atoms with Crippen LogP contribution in [-0.2, 0) is 4.79 Å². The predicted molar refractivity (Wildman–Crippen MR) is 79.8 cm³/mol. The monoisotopic (exact) mass is 343 g/mol. The number of nitrogens with zero attached hydrogens (tertiary/aromatic N) is 1. The molecule has 2 N–H and O–H groups in total. The van der Waals surface area contributed by atoms with E-state index >= 15 is 0 Å². The molecule has 1 aliphatic carbocycles. The minimum absolute atomic E-state index is 0.0592. The predicted octanol–water partition coefficient (Wildman–Crippen LogP) is 2.40. The Morgan fingerprint density at radius 3 is 2.58 bits per heavy atom. The van der Waals surface area contributed by atoms with Crippen molar-refractivity contribution < 1.29 is 28.2 Å². The van der Waals surface area contributed by atoms with Crippen LogP contribution >= 0.6 is 0 Å². The number of likely N-dealkylation sites (tertiary alicyclic amines) is 1. The lowest BCUT2D eigenvalue weighted by Crippen LogP contribution is -2.57. The zero-order valence-electron chi connectivity index (χ0n) is 13.1. The molecule has 0 radical (unpaired) electrons. The number of hydrogen-bond acceptors (Lipinski definition) is 3. The Labute approximate surface area is 137 Å². The fraction of sp³-hybridized carbons (Fsp3) is 0.588. The van der Waals surface area contributed by atoms with Crippen molar-refractivity contribution in [3.8, 4) is 0 Å². The van der Waals surface area contributed by atoms with Gasteiger partial charge < -0.3 is 15.1 Å². The topological polar surface area (TPSA) is 60.8 Å². The standard InChI is InChI=1S/C17H20F3NO3/c18-12-5-3-4-11(8-12)14-9-13(22)10-21(14)15(23)17(19,20)16(24)6-1-2-7-16/h3-5,8,13-14,22,24H,1-2,6-7,9-10H2/t13-,14+/m1/s1. The van der Waals surface area contributed by atoms with Crippen LogP contribution in [0.1, 0.15) is 43.7 Å². The fourth-order valence-corrected chi connectivity index (χ4v) is 3.72. The van der Waals surface area contributed by atoms with Gasteiger partial charge in [-0.2, -0.15) is 8.78 Å². The van der Waals surface area contributed by atoms with Crippen LogP contribution in [0, 0.1) is 5.82 Å². The van der Waals surface area contributed by atoms with Gasteiger partial charge in [-0.25, -0.2) is 4.39 Å². The summed E-state index contributed by atoms with van der Waals surface area (Å²) in [6, 6.07) is 4.52. The molecule has 2 fully saturated rings. The minimum Gasteiger partial charge on any atom is -0.391 e. The molecule has 0 spiro atoms. The summed E-state index contributed by atoms with van der Waals surface area (Å²) in [5.41, 5.74) is -1.99. The zero-order valence-corrected chi connectivity index (χ0v) is 13.1. The third-order valence-corrected chi connectivity index (χ3v) is 5.06. The number of rotatable bonds is 3. The second-order valence-corrected chi connectivity index (χ2v) is 6.73. The van der Waals surface area contributed by atoms with E-state index < -0.39 is 35.4 Å². The first-order valence-corrected chi connectivity index (χ1v) is 8.09. The van der Waals surface area contributed by atoms with Crippen LogP contribution in [0.4, 0.5) is 13.2 Å². The number of hydrogen-bond donors (Lipinski definition) is 2. The third kappa shape index (κ3) is 2.80. The van der Waals surface area contributed by atoms with Gasteiger partial charge >= 0.3 is 5.92 Å². The minimum atomic E-state index is -3.93. The van der Waals surface area contributed by atoms with Gasteiger partial charge in [0.05, 0.1) is 12.1 Å². The molecule has 2 aliphatic rings. The van der Waals surface area contributed by atoms with E-state index in [2.05, 4.69) is 0 Å². The van der Waals surface area contributed by atoms with Crippen LogP contribution in [-0.4, -0.2) is 45.2 Å². The molecule has 3 rings (SSSR count). The Balaban J connectivity index is 1.89. The second kappa shape index (κ2) is 6.04. The average Bonchev–Trinajstić information content (AvgIpc) is 3.13. The Bertz CT molecular complexity index is 631. The number of amides is 1. The largest absolute Gasteiger partial charge is 0.391 e. The second-order valence-electron chi connectivity index (χ2n) is 6.73. The summed E-state index contributed by atoms with van der Waals surface area (Å²) in [6.07, 6.45) is -0.287. The maximum Gasteiger partial charge on any atom is 0.352 e. The molecule has 0 bridgehead atoms. The van der Waals surface area contributed by atoms with E-state index in [9.17, 15) is 28.2 Å². The summed E-state index contributed by atoms with van der Waals surface area (Å²) in [5.74, 6) is -5.97. The van der Waals surface area contributed by atoms with E-state index in [0.717, 1.165) is 4.90 Å². The normalized spacial score (nSPS) is 26.8. The highest BCUT2D eigenvalue weighted by Crippen LogP contribution is 2.45. The third-order valence-electron chi connectivity index (χ3n) is 5.06. The van der Waals surface area contributed by atoms with Crippen molar-refractivity contribution in [1.29, 1.82) is 0 Å². The van der Waals surface area contributed by atoms with Gasteiger partial charge in [0.15, 0.2) is 0 Å². The molecule has 7 heteroatoms. The molecule has 132 valence electrons. The lowest BCUT2D eigenvalue weighted by molar-refractivity contribution is -0.201. The van der Waals surface area contributed by atoms with Crippen molar-refractivity contribution >= 4 is 5.91 Å². The molecule has 2 atom stereocenters. The molecule has 1 saturated heterocycles. The molecule has 1 aliphatic heterocycles. The van der Waals surface area contributed by atoms with Gasteiger partial charge in [0.25, 0.3) is 5.91 Å². The van der Waals surface area contributed by atoms with Crippen molar-refractivity contribution in [2.45, 2.75) is 55.8 Å². The van der Waals surface area contributed by atoms with Gasteiger partial charge in [-0.15, -0.1) is 0 Å². The Morgan fingerprint density at radius 2 is 1.96 bits per heavy atom. The lowest BCUT2D eigenvalue weighted by atomic mass is 9.92. The molecule has 1 heterocycles. The van der Waals surface area contributed by atoms with E-state index in [-0.39, 0.29) is 25.8 Å². The van der Waals surface area contributed by atoms with Crippen LogP contribution in [0.25, 0.3) is 0 Å². The van der Waals surface area contributed by atoms with E-state index in [1.807, 2.05) is 0 Å². The number of aliphatic hydroxyl groups is 2. The number of β-amino-alcohol motifs (C(OH)–C–C–N with tert-alkyl or cyclic N) is 1. The smallest absolute Gasteiger partial charge is 0.352 e. The van der Waals surface area contributed by atoms with Gasteiger partial charge in [-0.05, 0) is 37.0 Å². The summed E-state index contributed by atoms with van der Waals surface area (Å²) in [7, 11) is 0. The summed E-state index contributed by atoms with van der Waals surface area (Å²) >= 11 is 0. The van der Waals surface area contributed by atoms with E-state index in [1.165, 1.54) is 24.3 Å². The first-order chi connectivity index (χ1) is 11.2. The summed E-state index contributed by atoms with van der Waals surface area (Å²) in [6.45, 7) is -0.258. The highest BCUT2D eigenvalue weighted by molar-refractivity contribution is 5.85. The van der Waals surface area contributed by atoms with E-state index in [0.29, 0.717) is 18.4 Å². The highest BCUT2D eigenvalue weighted by atomic mass is 19.3. The maximum absolute atomic E-state index is 14.7. The fourth-order valence-electron chi connectivity index (χ4n) is 3.72. The Kier molecular flexibility index (Phi) is 4.34. The van der Waals surface area contributed by atoms with Crippen molar-refractivity contribution in [3.05, 3.63) is 35.6 Å². The molecular formula is C17H20F3NO3. The average molecular weight is 343 g/mol. The molecule has 1 aromatic carbocycles. The first-order valence-electron chi connectivity index (χ1n) is 8.09. The number of carbonyl (C=O) groups excluding carboxylic acids is 1. The molecule has 24 heavy (non-hydrogen) atoms. The number of halogens is 3. The van der Waals surface area contributed by atoms with Crippen LogP contribution in [0.15, 0.2) is 24.3 Å². The number of alkyl halides is 2. The molecular weight excluding hydrogens is 323 g/mol. The van der Waals surface area contributed by atoms with Crippen LogP contribution in [0.5, 0.6) is 0 Å². The quantitative estimate of drug-likeness (QED) is 0.886. The molecule has 1 saturated carbocycles. The van der Waals surface area contributed by atoms with Crippen molar-refractivity contribution in [2.75, 3.05) is 6.54 Å². The Hall–Kier alpha value is -1.60. The van der Waals surface area contributed by atoms with Gasteiger partial charge in [0.1, 0.15) is 11.4 Å².